The third kappa shape index (κ3) is 12.8. The highest BCUT2D eigenvalue weighted by Gasteiger charge is 2.55. The van der Waals surface area contributed by atoms with Gasteiger partial charge in [0.25, 0.3) is 0 Å². The van der Waals surface area contributed by atoms with Crippen LogP contribution >= 0.6 is 0 Å². The van der Waals surface area contributed by atoms with Crippen molar-refractivity contribution in [3.05, 3.63) is 0 Å². The topological polar surface area (TPSA) is 236 Å². The number of epoxide rings is 1. The first-order chi connectivity index (χ1) is 23.3. The number of carbonyl (C=O) groups is 3. The largest absolute Gasteiger partial charge is 0.479 e. The third-order valence-corrected chi connectivity index (χ3v) is 8.09. The number of carboxylic acids is 1. The minimum atomic E-state index is -1.75. The minimum absolute atomic E-state index is 0.00184. The van der Waals surface area contributed by atoms with Gasteiger partial charge in [-0.05, 0) is 59.3 Å². The molecule has 6 N–H and O–H groups in total. The van der Waals surface area contributed by atoms with Crippen LogP contribution in [0, 0.1) is 5.41 Å². The Morgan fingerprint density at radius 3 is 1.90 bits per heavy atom. The molecule has 0 aliphatic carbocycles. The van der Waals surface area contributed by atoms with Gasteiger partial charge in [-0.2, -0.15) is 0 Å². The molecule has 0 radical (unpaired) electrons. The van der Waals surface area contributed by atoms with E-state index in [0.29, 0.717) is 38.2 Å². The van der Waals surface area contributed by atoms with Gasteiger partial charge in [-0.3, -0.25) is 4.99 Å². The average molecular weight is 720 g/mol. The zero-order chi connectivity index (χ0) is 37.4. The number of rotatable bonds is 15. The van der Waals surface area contributed by atoms with Crippen LogP contribution < -0.4 is 10.6 Å². The van der Waals surface area contributed by atoms with Crippen LogP contribution in [0.15, 0.2) is 4.99 Å². The van der Waals surface area contributed by atoms with Crippen molar-refractivity contribution in [1.29, 1.82) is 0 Å². The van der Waals surface area contributed by atoms with Crippen LogP contribution in [0.25, 0.3) is 0 Å². The summed E-state index contributed by atoms with van der Waals surface area (Å²) in [5.41, 5.74) is -0.816. The lowest BCUT2D eigenvalue weighted by molar-refractivity contribution is -0.337. The summed E-state index contributed by atoms with van der Waals surface area (Å²) in [5.74, 6) is -1.44. The van der Waals surface area contributed by atoms with E-state index < -0.39 is 90.3 Å². The zero-order valence-electron chi connectivity index (χ0n) is 30.3. The number of carbonyl (C=O) groups excluding carboxylic acids is 2. The van der Waals surface area contributed by atoms with E-state index in [-0.39, 0.29) is 19.3 Å². The number of aliphatic hydroxyl groups excluding tert-OH is 3. The van der Waals surface area contributed by atoms with Crippen LogP contribution in [0.2, 0.25) is 0 Å². The SMILES string of the molecule is CC(C)=NC1C(OC2OC(C(=O)O)C(OC(C)(C)C)C(O)C2O)C(O)C(COC(=O)NCCCCCNC(=O)OCC2CO2)OC1C(C)(C)C. The molecule has 0 spiro atoms. The standard InChI is InChI=1S/C33H57N3O14/c1-17(2)36-20-24(48-29-23(39)22(38)25(50-33(6,7)8)26(49-29)28(40)41)21(37)19(47-27(20)32(3,4)5)16-46-31(43)35-13-11-9-10-12-34-30(42)45-15-18-14-44-18/h18-27,29,37-39H,9-16H2,1-8H3,(H,34,42)(H,35,43)(H,40,41). The summed E-state index contributed by atoms with van der Waals surface area (Å²) in [6.45, 7) is 15.4. The van der Waals surface area contributed by atoms with Crippen molar-refractivity contribution in [3.8, 4) is 0 Å². The molecule has 0 aromatic carbocycles. The Morgan fingerprint density at radius 1 is 0.820 bits per heavy atom. The van der Waals surface area contributed by atoms with E-state index in [1.54, 1.807) is 34.6 Å². The summed E-state index contributed by atoms with van der Waals surface area (Å²) in [7, 11) is 0. The molecule has 0 aromatic heterocycles. The van der Waals surface area contributed by atoms with E-state index in [1.807, 2.05) is 20.8 Å². The van der Waals surface area contributed by atoms with E-state index in [1.165, 1.54) is 0 Å². The first-order valence-electron chi connectivity index (χ1n) is 17.1. The molecule has 11 unspecified atom stereocenters. The van der Waals surface area contributed by atoms with Gasteiger partial charge in [-0.25, -0.2) is 14.4 Å². The van der Waals surface area contributed by atoms with E-state index in [0.717, 1.165) is 6.42 Å². The molecule has 17 nitrogen and oxygen atoms in total. The number of hydrogen-bond donors (Lipinski definition) is 6. The second-order valence-corrected chi connectivity index (χ2v) is 15.1. The van der Waals surface area contributed by atoms with Gasteiger partial charge in [0.15, 0.2) is 12.4 Å². The number of ether oxygens (including phenoxy) is 7. The lowest BCUT2D eigenvalue weighted by Gasteiger charge is -2.50. The summed E-state index contributed by atoms with van der Waals surface area (Å²) >= 11 is 0. The number of nitrogens with one attached hydrogen (secondary N) is 2. The van der Waals surface area contributed by atoms with Crippen LogP contribution in [-0.2, 0) is 38.0 Å². The molecule has 3 rings (SSSR count). The number of aliphatic imine (C=N–C) groups is 1. The highest BCUT2D eigenvalue weighted by atomic mass is 16.7. The van der Waals surface area contributed by atoms with Gasteiger partial charge < -0.3 is 64.2 Å². The van der Waals surface area contributed by atoms with Gasteiger partial charge in [0.05, 0.1) is 18.3 Å². The second kappa shape index (κ2) is 18.2. The number of unbranched alkanes of at least 4 members (excludes halogenated alkanes) is 2. The quantitative estimate of drug-likeness (QED) is 0.0791. The Bertz CT molecular complexity index is 1150. The number of alkyl carbamates (subject to hydrolysis) is 2. The average Bonchev–Trinajstić information content (AvgIpc) is 3.83. The molecule has 3 aliphatic rings. The van der Waals surface area contributed by atoms with Gasteiger partial charge in [0.1, 0.15) is 62.0 Å². The predicted molar refractivity (Wildman–Crippen MR) is 177 cm³/mol. The number of hydrogen-bond acceptors (Lipinski definition) is 14. The molecule has 3 fully saturated rings. The molecule has 0 saturated carbocycles. The molecule has 17 heteroatoms. The lowest BCUT2D eigenvalue weighted by atomic mass is 9.78. The Balaban J connectivity index is 1.62. The number of aliphatic hydroxyl groups is 3. The van der Waals surface area contributed by atoms with E-state index >= 15 is 0 Å². The van der Waals surface area contributed by atoms with Gasteiger partial charge in [0, 0.05) is 18.8 Å². The van der Waals surface area contributed by atoms with Crippen LogP contribution in [-0.4, -0.2) is 150 Å². The number of aliphatic carboxylic acids is 1. The summed E-state index contributed by atoms with van der Waals surface area (Å²) in [6.07, 6.45) is -12.0. The molecule has 288 valence electrons. The zero-order valence-corrected chi connectivity index (χ0v) is 30.3. The summed E-state index contributed by atoms with van der Waals surface area (Å²) in [6, 6.07) is -0.858. The minimum Gasteiger partial charge on any atom is -0.479 e. The van der Waals surface area contributed by atoms with Gasteiger partial charge >= 0.3 is 18.2 Å². The Hall–Kier alpha value is -2.64. The molecule has 3 saturated heterocycles. The van der Waals surface area contributed by atoms with Crippen molar-refractivity contribution < 1.29 is 68.0 Å². The van der Waals surface area contributed by atoms with Crippen molar-refractivity contribution in [3.63, 3.8) is 0 Å². The van der Waals surface area contributed by atoms with Crippen molar-refractivity contribution in [2.24, 2.45) is 10.4 Å². The van der Waals surface area contributed by atoms with Crippen LogP contribution in [0.3, 0.4) is 0 Å². The molecule has 0 aromatic rings. The monoisotopic (exact) mass is 719 g/mol. The molecule has 0 bridgehead atoms. The van der Waals surface area contributed by atoms with Crippen LogP contribution in [0.4, 0.5) is 9.59 Å². The van der Waals surface area contributed by atoms with Gasteiger partial charge in [0.2, 0.25) is 0 Å². The van der Waals surface area contributed by atoms with Gasteiger partial charge in [-0.15, -0.1) is 0 Å². The molecule has 3 heterocycles. The smallest absolute Gasteiger partial charge is 0.407 e. The maximum absolute atomic E-state index is 12.5. The van der Waals surface area contributed by atoms with Crippen molar-refractivity contribution in [2.45, 2.75) is 148 Å². The summed E-state index contributed by atoms with van der Waals surface area (Å²) in [5, 5.41) is 48.8. The van der Waals surface area contributed by atoms with Crippen LogP contribution in [0.1, 0.15) is 74.7 Å². The highest BCUT2D eigenvalue weighted by Crippen LogP contribution is 2.38. The van der Waals surface area contributed by atoms with Crippen molar-refractivity contribution in [1.82, 2.24) is 10.6 Å². The Labute approximate surface area is 293 Å². The van der Waals surface area contributed by atoms with Crippen molar-refractivity contribution >= 4 is 23.9 Å². The van der Waals surface area contributed by atoms with Crippen LogP contribution in [0.5, 0.6) is 0 Å². The number of amides is 2. The molecule has 50 heavy (non-hydrogen) atoms. The summed E-state index contributed by atoms with van der Waals surface area (Å²) in [4.78, 5) is 41.0. The van der Waals surface area contributed by atoms with E-state index in [9.17, 15) is 34.8 Å². The molecule has 11 atom stereocenters. The predicted octanol–water partition coefficient (Wildman–Crippen LogP) is 1.13. The maximum Gasteiger partial charge on any atom is 0.407 e. The number of nitrogens with zero attached hydrogens (tertiary/aromatic N) is 1. The number of carboxylic acid groups (broad SMARTS) is 1. The maximum atomic E-state index is 12.5. The second-order valence-electron chi connectivity index (χ2n) is 15.1. The van der Waals surface area contributed by atoms with Gasteiger partial charge in [-0.1, -0.05) is 20.8 Å². The first kappa shape index (κ1) is 41.8. The first-order valence-corrected chi connectivity index (χ1v) is 17.1. The Kier molecular flexibility index (Phi) is 15.2. The van der Waals surface area contributed by atoms with Crippen molar-refractivity contribution in [2.75, 3.05) is 32.9 Å². The van der Waals surface area contributed by atoms with E-state index in [4.69, 9.17) is 33.2 Å². The Morgan fingerprint density at radius 2 is 1.40 bits per heavy atom. The lowest BCUT2D eigenvalue weighted by Crippen LogP contribution is -2.66. The third-order valence-electron chi connectivity index (χ3n) is 8.09. The fourth-order valence-corrected chi connectivity index (χ4v) is 5.63. The molecule has 2 amide bonds. The fourth-order valence-electron chi connectivity index (χ4n) is 5.63. The van der Waals surface area contributed by atoms with E-state index in [2.05, 4.69) is 15.6 Å². The molecule has 3 aliphatic heterocycles. The summed E-state index contributed by atoms with van der Waals surface area (Å²) < 4.78 is 39.2. The highest BCUT2D eigenvalue weighted by molar-refractivity contribution is 5.79. The molecular weight excluding hydrogens is 662 g/mol. The molecular formula is C33H57N3O14. The normalized spacial score (nSPS) is 32.8. The fraction of sp³-hybridized carbons (Fsp3) is 0.879.